The fourth-order valence-electron chi connectivity index (χ4n) is 3.60. The lowest BCUT2D eigenvalue weighted by molar-refractivity contribution is 0.0502. The first kappa shape index (κ1) is 19.4. The Balaban J connectivity index is 1.49. The Bertz CT molecular complexity index is 979. The van der Waals surface area contributed by atoms with Gasteiger partial charge in [0.1, 0.15) is 5.02 Å². The highest BCUT2D eigenvalue weighted by Crippen LogP contribution is 2.27. The lowest BCUT2D eigenvalue weighted by Crippen LogP contribution is -2.47. The Morgan fingerprint density at radius 2 is 1.93 bits per heavy atom. The van der Waals surface area contributed by atoms with E-state index in [9.17, 15) is 4.79 Å². The predicted molar refractivity (Wildman–Crippen MR) is 109 cm³/mol. The fourth-order valence-corrected chi connectivity index (χ4v) is 3.78. The molecule has 1 fully saturated rings. The third kappa shape index (κ3) is 4.24. The molecule has 0 bridgehead atoms. The molecule has 0 aliphatic carbocycles. The number of carbonyl (C=O) groups is 1. The third-order valence-corrected chi connectivity index (χ3v) is 5.48. The van der Waals surface area contributed by atoms with Crippen LogP contribution in [-0.2, 0) is 0 Å². The first-order valence-corrected chi connectivity index (χ1v) is 10.0. The van der Waals surface area contributed by atoms with Crippen LogP contribution in [0.2, 0.25) is 5.02 Å². The predicted octanol–water partition coefficient (Wildman–Crippen LogP) is 3.64. The number of rotatable bonds is 5. The Labute approximate surface area is 174 Å². The van der Waals surface area contributed by atoms with E-state index < -0.39 is 0 Å². The van der Waals surface area contributed by atoms with Crippen molar-refractivity contribution in [3.05, 3.63) is 65.6 Å². The van der Waals surface area contributed by atoms with Crippen molar-refractivity contribution in [3.63, 3.8) is 0 Å². The number of halogens is 1. The summed E-state index contributed by atoms with van der Waals surface area (Å²) in [5.41, 5.74) is 1.26. The minimum Gasteiger partial charge on any atom is -0.476 e. The molecule has 3 heterocycles. The molecule has 7 nitrogen and oxygen atoms in total. The number of ether oxygens (including phenoxy) is 1. The van der Waals surface area contributed by atoms with Gasteiger partial charge >= 0.3 is 0 Å². The van der Waals surface area contributed by atoms with Gasteiger partial charge in [0, 0.05) is 24.7 Å². The van der Waals surface area contributed by atoms with Crippen molar-refractivity contribution in [1.82, 2.24) is 24.9 Å². The second-order valence-corrected chi connectivity index (χ2v) is 7.59. The van der Waals surface area contributed by atoms with E-state index in [1.54, 1.807) is 30.7 Å². The summed E-state index contributed by atoms with van der Waals surface area (Å²) in [6.45, 7) is 3.17. The minimum absolute atomic E-state index is 0.0223. The molecule has 150 valence electrons. The molecule has 1 amide bonds. The highest BCUT2D eigenvalue weighted by atomic mass is 35.5. The number of benzene rings is 1. The number of nitrogens with zero attached hydrogens (tertiary/aromatic N) is 5. The number of aromatic nitrogens is 4. The van der Waals surface area contributed by atoms with Gasteiger partial charge < -0.3 is 9.64 Å². The summed E-state index contributed by atoms with van der Waals surface area (Å²) in [6.07, 6.45) is 6.75. The largest absolute Gasteiger partial charge is 0.476 e. The first-order chi connectivity index (χ1) is 14.1. The van der Waals surface area contributed by atoms with Crippen LogP contribution in [-0.4, -0.2) is 50.0 Å². The molecule has 0 unspecified atom stereocenters. The smallest absolute Gasteiger partial charge is 0.256 e. The number of piperidine rings is 1. The van der Waals surface area contributed by atoms with E-state index in [4.69, 9.17) is 16.3 Å². The van der Waals surface area contributed by atoms with Crippen LogP contribution in [0.25, 0.3) is 5.69 Å². The van der Waals surface area contributed by atoms with Crippen LogP contribution in [0.5, 0.6) is 5.88 Å². The monoisotopic (exact) mass is 411 g/mol. The van der Waals surface area contributed by atoms with E-state index in [0.717, 1.165) is 12.8 Å². The number of pyridine rings is 1. The van der Waals surface area contributed by atoms with Crippen LogP contribution in [0, 0.1) is 5.92 Å². The second kappa shape index (κ2) is 8.61. The van der Waals surface area contributed by atoms with E-state index in [1.807, 2.05) is 29.2 Å². The van der Waals surface area contributed by atoms with E-state index in [1.165, 1.54) is 4.80 Å². The Morgan fingerprint density at radius 3 is 2.72 bits per heavy atom. The summed E-state index contributed by atoms with van der Waals surface area (Å²) in [6, 6.07) is 11.1. The van der Waals surface area contributed by atoms with Crippen LogP contribution in [0.4, 0.5) is 0 Å². The number of likely N-dealkylation sites (tertiary alicyclic amines) is 1. The maximum atomic E-state index is 13.4. The molecule has 0 N–H and O–H groups in total. The molecule has 2 aromatic heterocycles. The number of carbonyl (C=O) groups excluding carboxylic acids is 1. The molecule has 0 spiro atoms. The minimum atomic E-state index is -0.0223. The van der Waals surface area contributed by atoms with Gasteiger partial charge in [-0.05, 0) is 44.0 Å². The van der Waals surface area contributed by atoms with Crippen LogP contribution in [0.1, 0.15) is 30.1 Å². The lowest BCUT2D eigenvalue weighted by Gasteiger charge is -2.38. The molecule has 29 heavy (non-hydrogen) atoms. The van der Waals surface area contributed by atoms with Gasteiger partial charge in [-0.15, -0.1) is 0 Å². The Kier molecular flexibility index (Phi) is 5.76. The summed E-state index contributed by atoms with van der Waals surface area (Å²) in [7, 11) is 0. The maximum Gasteiger partial charge on any atom is 0.256 e. The van der Waals surface area contributed by atoms with Gasteiger partial charge in [-0.3, -0.25) is 4.79 Å². The van der Waals surface area contributed by atoms with Gasteiger partial charge in [-0.2, -0.15) is 15.0 Å². The highest BCUT2D eigenvalue weighted by molar-refractivity contribution is 6.31. The van der Waals surface area contributed by atoms with E-state index in [-0.39, 0.29) is 17.9 Å². The van der Waals surface area contributed by atoms with Gasteiger partial charge in [-0.1, -0.05) is 23.7 Å². The van der Waals surface area contributed by atoms with Gasteiger partial charge in [-0.25, -0.2) is 4.98 Å². The topological polar surface area (TPSA) is 73.1 Å². The average Bonchev–Trinajstić information content (AvgIpc) is 3.28. The quantitative estimate of drug-likeness (QED) is 0.640. The lowest BCUT2D eigenvalue weighted by atomic mass is 9.93. The summed E-state index contributed by atoms with van der Waals surface area (Å²) >= 11 is 6.12. The van der Waals surface area contributed by atoms with E-state index in [2.05, 4.69) is 22.1 Å². The zero-order chi connectivity index (χ0) is 20.2. The summed E-state index contributed by atoms with van der Waals surface area (Å²) in [4.78, 5) is 20.9. The van der Waals surface area contributed by atoms with Crippen molar-refractivity contribution in [1.29, 1.82) is 0 Å². The molecular formula is C21H22ClN5O2. The molecule has 2 atom stereocenters. The summed E-state index contributed by atoms with van der Waals surface area (Å²) in [5, 5.41) is 8.84. The van der Waals surface area contributed by atoms with Gasteiger partial charge in [0.15, 0.2) is 0 Å². The van der Waals surface area contributed by atoms with Crippen molar-refractivity contribution in [2.24, 2.45) is 5.92 Å². The standard InChI is InChI=1S/C21H22ClN5O2/c1-15-8-9-16(14-29-20-18(22)6-4-10-23-20)13-26(15)21(28)17-5-2-3-7-19(17)27-24-11-12-25-27/h2-7,10-12,15-16H,8-9,13-14H2,1H3/t15-,16-/m1/s1. The van der Waals surface area contributed by atoms with Gasteiger partial charge in [0.2, 0.25) is 5.88 Å². The maximum absolute atomic E-state index is 13.4. The SMILES string of the molecule is C[C@@H]1CC[C@@H](COc2ncccc2Cl)CN1C(=O)c1ccccc1-n1nccn1. The number of hydrogen-bond acceptors (Lipinski definition) is 5. The summed E-state index contributed by atoms with van der Waals surface area (Å²) in [5.74, 6) is 0.620. The van der Waals surface area contributed by atoms with Crippen LogP contribution < -0.4 is 4.74 Å². The van der Waals surface area contributed by atoms with Crippen molar-refractivity contribution in [3.8, 4) is 11.6 Å². The van der Waals surface area contributed by atoms with Gasteiger partial charge in [0.25, 0.3) is 5.91 Å². The van der Waals surface area contributed by atoms with Crippen molar-refractivity contribution in [2.45, 2.75) is 25.8 Å². The van der Waals surface area contributed by atoms with Crippen LogP contribution in [0.15, 0.2) is 55.0 Å². The molecule has 0 radical (unpaired) electrons. The number of amides is 1. The van der Waals surface area contributed by atoms with Gasteiger partial charge in [0.05, 0.1) is 30.3 Å². The number of para-hydroxylation sites is 1. The molecule has 0 saturated carbocycles. The van der Waals surface area contributed by atoms with Crippen molar-refractivity contribution < 1.29 is 9.53 Å². The van der Waals surface area contributed by atoms with Crippen LogP contribution >= 0.6 is 11.6 Å². The number of hydrogen-bond donors (Lipinski definition) is 0. The molecular weight excluding hydrogens is 390 g/mol. The Morgan fingerprint density at radius 1 is 1.14 bits per heavy atom. The highest BCUT2D eigenvalue weighted by Gasteiger charge is 2.31. The fraction of sp³-hybridized carbons (Fsp3) is 0.333. The van der Waals surface area contributed by atoms with Crippen LogP contribution in [0.3, 0.4) is 0 Å². The molecule has 1 aliphatic rings. The molecule has 4 rings (SSSR count). The average molecular weight is 412 g/mol. The first-order valence-electron chi connectivity index (χ1n) is 9.63. The van der Waals surface area contributed by atoms with E-state index in [0.29, 0.717) is 35.3 Å². The Hall–Kier alpha value is -2.93. The van der Waals surface area contributed by atoms with E-state index >= 15 is 0 Å². The normalized spacial score (nSPS) is 19.2. The molecule has 3 aromatic rings. The molecule has 1 aromatic carbocycles. The molecule has 1 saturated heterocycles. The molecule has 1 aliphatic heterocycles. The second-order valence-electron chi connectivity index (χ2n) is 7.19. The third-order valence-electron chi connectivity index (χ3n) is 5.19. The molecule has 8 heteroatoms. The van der Waals surface area contributed by atoms with Crippen molar-refractivity contribution in [2.75, 3.05) is 13.2 Å². The van der Waals surface area contributed by atoms with Crippen molar-refractivity contribution >= 4 is 17.5 Å². The zero-order valence-corrected chi connectivity index (χ0v) is 16.9. The zero-order valence-electron chi connectivity index (χ0n) is 16.1. The summed E-state index contributed by atoms with van der Waals surface area (Å²) < 4.78 is 5.82.